The van der Waals surface area contributed by atoms with Gasteiger partial charge in [0.15, 0.2) is 0 Å². The number of nitrogens with zero attached hydrogens (tertiary/aromatic N) is 4. The standard InChI is InChI=1S/C18H19ClN6O4/c1-18(2,3)29-17(28)24(16-22-13(19)8-10-4-5-20-25(10)16)12-7-9(12)6-11-14(26)23-15(27)21-11/h4-6,8-9,12H,7H2,1-3H3,(H2,21,23,26,27). The maximum atomic E-state index is 13.0. The summed E-state index contributed by atoms with van der Waals surface area (Å²) in [6.07, 6.45) is 3.17. The van der Waals surface area contributed by atoms with Crippen LogP contribution in [0.5, 0.6) is 0 Å². The lowest BCUT2D eigenvalue weighted by Crippen LogP contribution is -2.40. The first-order chi connectivity index (χ1) is 13.6. The molecule has 1 aliphatic carbocycles. The van der Waals surface area contributed by atoms with Crippen LogP contribution in [-0.2, 0) is 9.53 Å². The highest BCUT2D eigenvalue weighted by atomic mass is 35.5. The normalized spacial score (nSPS) is 22.6. The lowest BCUT2D eigenvalue weighted by atomic mass is 10.2. The minimum Gasteiger partial charge on any atom is -0.443 e. The number of anilines is 1. The van der Waals surface area contributed by atoms with Crippen molar-refractivity contribution in [1.82, 2.24) is 25.2 Å². The molecule has 11 heteroatoms. The molecule has 2 aromatic heterocycles. The fourth-order valence-corrected chi connectivity index (χ4v) is 3.30. The monoisotopic (exact) mass is 418 g/mol. The SMILES string of the molecule is CC(C)(C)OC(=O)N(c1nc(Cl)cc2ccnn12)C1CC1C=C1NC(=O)NC1=O. The zero-order valence-electron chi connectivity index (χ0n) is 16.0. The third-order valence-electron chi connectivity index (χ3n) is 4.38. The molecule has 2 atom stereocenters. The molecule has 1 saturated heterocycles. The number of halogens is 1. The highest BCUT2D eigenvalue weighted by Crippen LogP contribution is 2.41. The van der Waals surface area contributed by atoms with E-state index in [0.29, 0.717) is 11.9 Å². The van der Waals surface area contributed by atoms with Gasteiger partial charge in [-0.1, -0.05) is 11.6 Å². The van der Waals surface area contributed by atoms with Crippen LogP contribution in [0.25, 0.3) is 5.52 Å². The van der Waals surface area contributed by atoms with Crippen molar-refractivity contribution >= 4 is 41.1 Å². The van der Waals surface area contributed by atoms with E-state index in [1.807, 2.05) is 0 Å². The Kier molecular flexibility index (Phi) is 4.45. The summed E-state index contributed by atoms with van der Waals surface area (Å²) in [5.41, 5.74) is 0.112. The van der Waals surface area contributed by atoms with E-state index in [2.05, 4.69) is 20.7 Å². The predicted molar refractivity (Wildman–Crippen MR) is 103 cm³/mol. The van der Waals surface area contributed by atoms with Crippen LogP contribution in [0.15, 0.2) is 30.1 Å². The average Bonchev–Trinajstić information content (AvgIpc) is 3.01. The Morgan fingerprint density at radius 1 is 1.38 bits per heavy atom. The van der Waals surface area contributed by atoms with Crippen LogP contribution >= 0.6 is 11.6 Å². The molecule has 0 bridgehead atoms. The van der Waals surface area contributed by atoms with Crippen molar-refractivity contribution in [3.8, 4) is 0 Å². The van der Waals surface area contributed by atoms with Gasteiger partial charge in [0.2, 0.25) is 5.95 Å². The number of hydrogen-bond acceptors (Lipinski definition) is 6. The van der Waals surface area contributed by atoms with E-state index >= 15 is 0 Å². The Hall–Kier alpha value is -3.14. The van der Waals surface area contributed by atoms with Crippen molar-refractivity contribution in [2.45, 2.75) is 38.8 Å². The fraction of sp³-hybridized carbons (Fsp3) is 0.389. The van der Waals surface area contributed by atoms with Gasteiger partial charge >= 0.3 is 12.1 Å². The van der Waals surface area contributed by atoms with E-state index in [-0.39, 0.29) is 28.8 Å². The van der Waals surface area contributed by atoms with Gasteiger partial charge < -0.3 is 10.1 Å². The number of fused-ring (bicyclic) bond motifs is 1. The zero-order chi connectivity index (χ0) is 20.9. The minimum atomic E-state index is -0.723. The number of aromatic nitrogens is 3. The van der Waals surface area contributed by atoms with Gasteiger partial charge in [0, 0.05) is 12.0 Å². The van der Waals surface area contributed by atoms with Crippen molar-refractivity contribution in [3.63, 3.8) is 0 Å². The molecule has 0 radical (unpaired) electrons. The topological polar surface area (TPSA) is 118 Å². The van der Waals surface area contributed by atoms with Crippen molar-refractivity contribution in [3.05, 3.63) is 35.3 Å². The highest BCUT2D eigenvalue weighted by molar-refractivity contribution is 6.29. The molecule has 2 aliphatic rings. The second-order valence-corrected chi connectivity index (χ2v) is 8.24. The molecule has 3 heterocycles. The van der Waals surface area contributed by atoms with E-state index in [1.54, 1.807) is 45.2 Å². The Morgan fingerprint density at radius 2 is 2.14 bits per heavy atom. The predicted octanol–water partition coefficient (Wildman–Crippen LogP) is 2.24. The Labute approximate surface area is 170 Å². The lowest BCUT2D eigenvalue weighted by Gasteiger charge is -2.27. The van der Waals surface area contributed by atoms with E-state index in [0.717, 1.165) is 0 Å². The number of carbonyl (C=O) groups is 3. The van der Waals surface area contributed by atoms with Crippen LogP contribution in [0, 0.1) is 5.92 Å². The first-order valence-electron chi connectivity index (χ1n) is 8.99. The maximum Gasteiger partial charge on any atom is 0.417 e. The molecule has 10 nitrogen and oxygen atoms in total. The van der Waals surface area contributed by atoms with Crippen LogP contribution in [0.1, 0.15) is 27.2 Å². The van der Waals surface area contributed by atoms with Gasteiger partial charge in [0.1, 0.15) is 16.5 Å². The lowest BCUT2D eigenvalue weighted by molar-refractivity contribution is -0.115. The number of nitrogens with one attached hydrogen (secondary N) is 2. The molecular weight excluding hydrogens is 400 g/mol. The number of rotatable bonds is 3. The molecular formula is C18H19ClN6O4. The van der Waals surface area contributed by atoms with Crippen LogP contribution in [0.4, 0.5) is 15.5 Å². The van der Waals surface area contributed by atoms with E-state index in [4.69, 9.17) is 16.3 Å². The van der Waals surface area contributed by atoms with Gasteiger partial charge in [0.25, 0.3) is 5.91 Å². The van der Waals surface area contributed by atoms with Gasteiger partial charge in [-0.05, 0) is 39.3 Å². The minimum absolute atomic E-state index is 0.162. The smallest absolute Gasteiger partial charge is 0.417 e. The molecule has 4 rings (SSSR count). The zero-order valence-corrected chi connectivity index (χ0v) is 16.7. The highest BCUT2D eigenvalue weighted by Gasteiger charge is 2.47. The Morgan fingerprint density at radius 3 is 2.79 bits per heavy atom. The fourth-order valence-electron chi connectivity index (χ4n) is 3.11. The largest absolute Gasteiger partial charge is 0.443 e. The van der Waals surface area contributed by atoms with Crippen molar-refractivity contribution < 1.29 is 19.1 Å². The van der Waals surface area contributed by atoms with Gasteiger partial charge in [-0.2, -0.15) is 9.61 Å². The first-order valence-corrected chi connectivity index (χ1v) is 9.37. The maximum absolute atomic E-state index is 13.0. The number of imide groups is 1. The molecule has 0 aromatic carbocycles. The number of amides is 4. The summed E-state index contributed by atoms with van der Waals surface area (Å²) in [5.74, 6) is -0.453. The second-order valence-electron chi connectivity index (χ2n) is 7.85. The van der Waals surface area contributed by atoms with E-state index < -0.39 is 23.6 Å². The first kappa shape index (κ1) is 19.2. The van der Waals surface area contributed by atoms with E-state index in [9.17, 15) is 14.4 Å². The summed E-state index contributed by atoms with van der Waals surface area (Å²) in [4.78, 5) is 41.8. The quantitative estimate of drug-likeness (QED) is 0.448. The van der Waals surface area contributed by atoms with Crippen LogP contribution in [0.3, 0.4) is 0 Å². The summed E-state index contributed by atoms with van der Waals surface area (Å²) in [7, 11) is 0. The summed E-state index contributed by atoms with van der Waals surface area (Å²) >= 11 is 6.15. The van der Waals surface area contributed by atoms with Crippen LogP contribution in [-0.4, -0.2) is 44.3 Å². The van der Waals surface area contributed by atoms with Crippen LogP contribution in [0.2, 0.25) is 5.15 Å². The molecule has 1 saturated carbocycles. The number of carbonyl (C=O) groups excluding carboxylic acids is 3. The van der Waals surface area contributed by atoms with Crippen LogP contribution < -0.4 is 15.5 Å². The van der Waals surface area contributed by atoms with Gasteiger partial charge in [0.05, 0.1) is 17.8 Å². The van der Waals surface area contributed by atoms with Crippen molar-refractivity contribution in [1.29, 1.82) is 0 Å². The third-order valence-corrected chi connectivity index (χ3v) is 4.57. The van der Waals surface area contributed by atoms with Crippen molar-refractivity contribution in [2.24, 2.45) is 5.92 Å². The van der Waals surface area contributed by atoms with Gasteiger partial charge in [-0.15, -0.1) is 0 Å². The average molecular weight is 419 g/mol. The van der Waals surface area contributed by atoms with E-state index in [1.165, 1.54) is 9.42 Å². The molecule has 2 unspecified atom stereocenters. The summed E-state index contributed by atoms with van der Waals surface area (Å²) in [6.45, 7) is 5.30. The van der Waals surface area contributed by atoms with Gasteiger partial charge in [-0.25, -0.2) is 19.5 Å². The van der Waals surface area contributed by atoms with Gasteiger partial charge in [-0.3, -0.25) is 10.1 Å². The molecule has 2 aromatic rings. The molecule has 4 amide bonds. The number of hydrogen-bond donors (Lipinski definition) is 2. The number of urea groups is 1. The molecule has 29 heavy (non-hydrogen) atoms. The summed E-state index contributed by atoms with van der Waals surface area (Å²) in [5, 5.41) is 9.04. The Balaban J connectivity index is 1.70. The Bertz CT molecular complexity index is 1060. The molecule has 1 aliphatic heterocycles. The molecule has 0 spiro atoms. The molecule has 2 N–H and O–H groups in total. The third kappa shape index (κ3) is 3.88. The number of ether oxygens (including phenoxy) is 1. The summed E-state index contributed by atoms with van der Waals surface area (Å²) in [6, 6.07) is 2.48. The van der Waals surface area contributed by atoms with Crippen molar-refractivity contribution in [2.75, 3.05) is 4.90 Å². The second kappa shape index (κ2) is 6.73. The molecule has 152 valence electrons. The summed E-state index contributed by atoms with van der Waals surface area (Å²) < 4.78 is 7.07. The molecule has 2 fully saturated rings.